The minimum absolute atomic E-state index is 0.121. The van der Waals surface area contributed by atoms with Gasteiger partial charge in [-0.2, -0.15) is 0 Å². The third-order valence-electron chi connectivity index (χ3n) is 5.19. The van der Waals surface area contributed by atoms with Crippen molar-refractivity contribution < 1.29 is 19.0 Å². The first kappa shape index (κ1) is 22.1. The summed E-state index contributed by atoms with van der Waals surface area (Å²) in [4.78, 5) is 32.6. The number of hydrogen-bond acceptors (Lipinski definition) is 6. The first-order chi connectivity index (χ1) is 15.0. The van der Waals surface area contributed by atoms with E-state index in [4.69, 9.17) is 19.2 Å². The van der Waals surface area contributed by atoms with Crippen LogP contribution in [0.2, 0.25) is 0 Å². The van der Waals surface area contributed by atoms with E-state index in [1.54, 1.807) is 35.2 Å². The van der Waals surface area contributed by atoms with E-state index in [9.17, 15) is 9.59 Å². The highest BCUT2D eigenvalue weighted by molar-refractivity contribution is 5.82. The molecule has 0 saturated carbocycles. The maximum atomic E-state index is 13.4. The van der Waals surface area contributed by atoms with Gasteiger partial charge < -0.3 is 19.1 Å². The van der Waals surface area contributed by atoms with E-state index in [0.717, 1.165) is 0 Å². The molecule has 1 aromatic heterocycles. The van der Waals surface area contributed by atoms with Crippen LogP contribution in [0.15, 0.2) is 41.2 Å². The van der Waals surface area contributed by atoms with E-state index >= 15 is 0 Å². The molecule has 1 heterocycles. The number of amides is 1. The average Bonchev–Trinajstić information content (AvgIpc) is 2.80. The number of para-hydroxylation sites is 1. The van der Waals surface area contributed by atoms with Crippen molar-refractivity contribution in [1.82, 2.24) is 14.5 Å². The molecule has 2 aromatic carbocycles. The Labute approximate surface area is 181 Å². The van der Waals surface area contributed by atoms with Crippen LogP contribution in [0.4, 0.5) is 0 Å². The van der Waals surface area contributed by atoms with Gasteiger partial charge in [0.15, 0.2) is 11.5 Å². The zero-order valence-corrected chi connectivity index (χ0v) is 18.5. The van der Waals surface area contributed by atoms with Crippen LogP contribution in [0.1, 0.15) is 13.8 Å². The quantitative estimate of drug-likeness (QED) is 0.552. The topological polar surface area (TPSA) is 82.9 Å². The molecule has 3 aromatic rings. The molecule has 0 saturated heterocycles. The predicted molar refractivity (Wildman–Crippen MR) is 119 cm³/mol. The van der Waals surface area contributed by atoms with E-state index in [1.807, 2.05) is 19.9 Å². The number of nitrogens with zero attached hydrogens (tertiary/aromatic N) is 3. The van der Waals surface area contributed by atoms with Crippen LogP contribution in [0.3, 0.4) is 0 Å². The van der Waals surface area contributed by atoms with E-state index < -0.39 is 0 Å². The van der Waals surface area contributed by atoms with E-state index in [-0.39, 0.29) is 18.0 Å². The number of ether oxygens (including phenoxy) is 3. The van der Waals surface area contributed by atoms with Gasteiger partial charge in [-0.3, -0.25) is 14.2 Å². The van der Waals surface area contributed by atoms with Gasteiger partial charge in [-0.1, -0.05) is 12.1 Å². The molecule has 1 amide bonds. The molecule has 164 valence electrons. The van der Waals surface area contributed by atoms with E-state index in [1.165, 1.54) is 25.9 Å². The van der Waals surface area contributed by atoms with Crippen molar-refractivity contribution in [2.45, 2.75) is 20.4 Å². The van der Waals surface area contributed by atoms with Crippen LogP contribution in [-0.2, 0) is 11.3 Å². The van der Waals surface area contributed by atoms with Gasteiger partial charge in [0, 0.05) is 18.7 Å². The molecule has 8 nitrogen and oxygen atoms in total. The Hall–Kier alpha value is -3.55. The van der Waals surface area contributed by atoms with Crippen molar-refractivity contribution in [2.24, 2.45) is 0 Å². The lowest BCUT2D eigenvalue weighted by Gasteiger charge is -2.21. The fourth-order valence-corrected chi connectivity index (χ4v) is 3.56. The van der Waals surface area contributed by atoms with Crippen molar-refractivity contribution >= 4 is 16.8 Å². The van der Waals surface area contributed by atoms with Crippen LogP contribution in [0.5, 0.6) is 17.2 Å². The van der Waals surface area contributed by atoms with Gasteiger partial charge in [0.25, 0.3) is 5.56 Å². The molecule has 0 atom stereocenters. The van der Waals surface area contributed by atoms with Gasteiger partial charge in [0.1, 0.15) is 12.4 Å². The van der Waals surface area contributed by atoms with Crippen LogP contribution < -0.4 is 19.8 Å². The Morgan fingerprint density at radius 2 is 1.61 bits per heavy atom. The SMILES string of the molecule is CCN(CC)C(=O)Cn1c(-c2cc(OC)c(OC)c(OC)c2)nc2ccccc2c1=O. The number of aromatic nitrogens is 2. The second kappa shape index (κ2) is 9.51. The second-order valence-corrected chi connectivity index (χ2v) is 6.82. The molecule has 0 aliphatic carbocycles. The molecule has 8 heteroatoms. The molecule has 0 fully saturated rings. The fraction of sp³-hybridized carbons (Fsp3) is 0.348. The molecule has 0 aliphatic rings. The normalized spacial score (nSPS) is 10.7. The number of fused-ring (bicyclic) bond motifs is 1. The lowest BCUT2D eigenvalue weighted by molar-refractivity contribution is -0.131. The molecule has 0 bridgehead atoms. The van der Waals surface area contributed by atoms with Gasteiger partial charge in [0.2, 0.25) is 11.7 Å². The number of carbonyl (C=O) groups is 1. The first-order valence-electron chi connectivity index (χ1n) is 10.1. The van der Waals surface area contributed by atoms with E-state index in [0.29, 0.717) is 52.6 Å². The van der Waals surface area contributed by atoms with Gasteiger partial charge >= 0.3 is 0 Å². The number of carbonyl (C=O) groups excluding carboxylic acids is 1. The lowest BCUT2D eigenvalue weighted by atomic mass is 10.1. The van der Waals surface area contributed by atoms with Crippen LogP contribution >= 0.6 is 0 Å². The summed E-state index contributed by atoms with van der Waals surface area (Å²) in [6.45, 7) is 4.81. The number of rotatable bonds is 8. The summed E-state index contributed by atoms with van der Waals surface area (Å²) in [6.07, 6.45) is 0. The number of hydrogen-bond donors (Lipinski definition) is 0. The largest absolute Gasteiger partial charge is 0.493 e. The second-order valence-electron chi connectivity index (χ2n) is 6.82. The number of likely N-dealkylation sites (N-methyl/N-ethyl adjacent to an activating group) is 1. The maximum Gasteiger partial charge on any atom is 0.262 e. The molecular weight excluding hydrogens is 398 g/mol. The summed E-state index contributed by atoms with van der Waals surface area (Å²) in [5.74, 6) is 1.49. The van der Waals surface area contributed by atoms with Crippen LogP contribution in [0, 0.1) is 0 Å². The van der Waals surface area contributed by atoms with Crippen molar-refractivity contribution in [3.05, 3.63) is 46.8 Å². The highest BCUT2D eigenvalue weighted by atomic mass is 16.5. The average molecular weight is 425 g/mol. The summed E-state index contributed by atoms with van der Waals surface area (Å²) in [5.41, 5.74) is 0.836. The fourth-order valence-electron chi connectivity index (χ4n) is 3.56. The molecule has 0 N–H and O–H groups in total. The van der Waals surface area contributed by atoms with Crippen LogP contribution in [-0.4, -0.2) is 54.8 Å². The molecule has 0 spiro atoms. The van der Waals surface area contributed by atoms with Crippen LogP contribution in [0.25, 0.3) is 22.3 Å². The minimum Gasteiger partial charge on any atom is -0.493 e. The monoisotopic (exact) mass is 425 g/mol. The summed E-state index contributed by atoms with van der Waals surface area (Å²) >= 11 is 0. The lowest BCUT2D eigenvalue weighted by Crippen LogP contribution is -2.37. The van der Waals surface area contributed by atoms with Gasteiger partial charge in [-0.05, 0) is 38.1 Å². The molecule has 0 radical (unpaired) electrons. The summed E-state index contributed by atoms with van der Waals surface area (Å²) < 4.78 is 17.7. The molecular formula is C23H27N3O5. The zero-order chi connectivity index (χ0) is 22.5. The molecule has 0 aliphatic heterocycles. The Kier molecular flexibility index (Phi) is 6.79. The number of benzene rings is 2. The zero-order valence-electron chi connectivity index (χ0n) is 18.5. The van der Waals surface area contributed by atoms with Gasteiger partial charge in [-0.15, -0.1) is 0 Å². The highest BCUT2D eigenvalue weighted by Crippen LogP contribution is 2.40. The third-order valence-corrected chi connectivity index (χ3v) is 5.19. The smallest absolute Gasteiger partial charge is 0.262 e. The Balaban J connectivity index is 2.29. The third kappa shape index (κ3) is 4.19. The van der Waals surface area contributed by atoms with Crippen molar-refractivity contribution in [3.63, 3.8) is 0 Å². The molecule has 31 heavy (non-hydrogen) atoms. The first-order valence-corrected chi connectivity index (χ1v) is 10.1. The Morgan fingerprint density at radius 1 is 1.00 bits per heavy atom. The summed E-state index contributed by atoms with van der Waals surface area (Å²) in [6, 6.07) is 10.5. The summed E-state index contributed by atoms with van der Waals surface area (Å²) in [7, 11) is 4.56. The van der Waals surface area contributed by atoms with Gasteiger partial charge in [0.05, 0.1) is 32.2 Å². The number of methoxy groups -OCH3 is 3. The van der Waals surface area contributed by atoms with Gasteiger partial charge in [-0.25, -0.2) is 4.98 Å². The van der Waals surface area contributed by atoms with E-state index in [2.05, 4.69) is 0 Å². The van der Waals surface area contributed by atoms with Crippen molar-refractivity contribution in [3.8, 4) is 28.6 Å². The van der Waals surface area contributed by atoms with Crippen molar-refractivity contribution in [1.29, 1.82) is 0 Å². The Morgan fingerprint density at radius 3 is 2.16 bits per heavy atom. The maximum absolute atomic E-state index is 13.4. The Bertz CT molecular complexity index is 1130. The predicted octanol–water partition coefficient (Wildman–Crippen LogP) is 2.96. The molecule has 0 unspecified atom stereocenters. The highest BCUT2D eigenvalue weighted by Gasteiger charge is 2.21. The van der Waals surface area contributed by atoms with Crippen molar-refractivity contribution in [2.75, 3.05) is 34.4 Å². The standard InChI is InChI=1S/C23H27N3O5/c1-6-25(7-2)20(27)14-26-22(24-17-11-9-8-10-16(17)23(26)28)15-12-18(29-3)21(31-5)19(13-15)30-4/h8-13H,6-7,14H2,1-5H3. The minimum atomic E-state index is -0.283. The molecule has 3 rings (SSSR count). The summed E-state index contributed by atoms with van der Waals surface area (Å²) in [5, 5.41) is 0.450.